The predicted octanol–water partition coefficient (Wildman–Crippen LogP) is 3.09. The van der Waals surface area contributed by atoms with E-state index in [1.807, 2.05) is 30.3 Å². The van der Waals surface area contributed by atoms with Gasteiger partial charge in [0.2, 0.25) is 11.8 Å². The number of para-hydroxylation sites is 1. The quantitative estimate of drug-likeness (QED) is 0.692. The number of halogens is 1. The summed E-state index contributed by atoms with van der Waals surface area (Å²) in [7, 11) is 0. The van der Waals surface area contributed by atoms with Gasteiger partial charge in [0.25, 0.3) is 0 Å². The molecule has 0 fully saturated rings. The van der Waals surface area contributed by atoms with Crippen LogP contribution in [0.2, 0.25) is 0 Å². The number of hydrogen-bond acceptors (Lipinski definition) is 4. The summed E-state index contributed by atoms with van der Waals surface area (Å²) in [5, 5.41) is 9.86. The van der Waals surface area contributed by atoms with Crippen LogP contribution >= 0.6 is 15.9 Å². The lowest BCUT2D eigenvalue weighted by Crippen LogP contribution is -2.31. The number of carbonyl (C=O) groups excluding carboxylic acids is 2. The Hall–Kier alpha value is -3.00. The number of hydrogen-bond donors (Lipinski definition) is 2. The first kappa shape index (κ1) is 16.5. The summed E-state index contributed by atoms with van der Waals surface area (Å²) in [6.45, 7) is 0. The lowest BCUT2D eigenvalue weighted by atomic mass is 9.89. The second-order valence-corrected chi connectivity index (χ2v) is 6.80. The molecular weight excluding hydrogens is 398 g/mol. The van der Waals surface area contributed by atoms with Gasteiger partial charge in [0.05, 0.1) is 17.3 Å². The molecule has 1 unspecified atom stereocenters. The summed E-state index contributed by atoms with van der Waals surface area (Å²) in [6.07, 6.45) is 3.09. The minimum atomic E-state index is -0.553. The van der Waals surface area contributed by atoms with Crippen molar-refractivity contribution in [3.05, 3.63) is 65.2 Å². The van der Waals surface area contributed by atoms with Crippen LogP contribution in [0, 0.1) is 0 Å². The largest absolute Gasteiger partial charge is 0.326 e. The molecule has 2 heterocycles. The fourth-order valence-corrected chi connectivity index (χ4v) is 3.37. The van der Waals surface area contributed by atoms with E-state index in [9.17, 15) is 9.59 Å². The number of nitrogens with one attached hydrogen (secondary N) is 2. The number of fused-ring (bicyclic) bond motifs is 1. The van der Waals surface area contributed by atoms with Crippen LogP contribution in [0.1, 0.15) is 17.9 Å². The Labute approximate surface area is 157 Å². The maximum Gasteiger partial charge on any atom is 0.232 e. The van der Waals surface area contributed by atoms with Gasteiger partial charge < -0.3 is 10.6 Å². The van der Waals surface area contributed by atoms with Crippen LogP contribution in [-0.2, 0) is 9.59 Å². The SMILES string of the molecule is O=C1CC(C(=O)Nc2cc(Br)ccc2-n2cncn2)c2ccccc2N1. The molecule has 1 aliphatic rings. The number of amides is 2. The lowest BCUT2D eigenvalue weighted by Gasteiger charge is -2.25. The fourth-order valence-electron chi connectivity index (χ4n) is 3.01. The highest BCUT2D eigenvalue weighted by molar-refractivity contribution is 9.10. The molecule has 8 heteroatoms. The average molecular weight is 412 g/mol. The first-order valence-electron chi connectivity index (χ1n) is 7.96. The van der Waals surface area contributed by atoms with Gasteiger partial charge in [0.1, 0.15) is 12.7 Å². The standard InChI is InChI=1S/C18H14BrN5O2/c19-11-5-6-16(24-10-20-9-21-24)15(7-11)23-18(26)13-8-17(25)22-14-4-2-1-3-12(13)14/h1-7,9-10,13H,8H2,(H,22,25)(H,23,26). The first-order valence-corrected chi connectivity index (χ1v) is 8.75. The number of benzene rings is 2. The molecule has 0 radical (unpaired) electrons. The van der Waals surface area contributed by atoms with Crippen molar-refractivity contribution in [3.8, 4) is 5.69 Å². The molecule has 1 aliphatic heterocycles. The monoisotopic (exact) mass is 411 g/mol. The number of rotatable bonds is 3. The third-order valence-corrected chi connectivity index (χ3v) is 4.69. The highest BCUT2D eigenvalue weighted by Gasteiger charge is 2.30. The van der Waals surface area contributed by atoms with Crippen molar-refractivity contribution in [2.75, 3.05) is 10.6 Å². The third kappa shape index (κ3) is 3.11. The van der Waals surface area contributed by atoms with E-state index in [-0.39, 0.29) is 18.2 Å². The minimum absolute atomic E-state index is 0.107. The van der Waals surface area contributed by atoms with E-state index in [1.54, 1.807) is 23.1 Å². The van der Waals surface area contributed by atoms with Crippen molar-refractivity contribution in [2.24, 2.45) is 0 Å². The van der Waals surface area contributed by atoms with Crippen LogP contribution in [-0.4, -0.2) is 26.6 Å². The fraction of sp³-hybridized carbons (Fsp3) is 0.111. The zero-order valence-electron chi connectivity index (χ0n) is 13.5. The van der Waals surface area contributed by atoms with Crippen molar-refractivity contribution >= 4 is 39.1 Å². The van der Waals surface area contributed by atoms with Crippen molar-refractivity contribution < 1.29 is 9.59 Å². The van der Waals surface area contributed by atoms with Gasteiger partial charge in [-0.05, 0) is 29.8 Å². The van der Waals surface area contributed by atoms with Crippen LogP contribution in [0.25, 0.3) is 5.69 Å². The van der Waals surface area contributed by atoms with Crippen molar-refractivity contribution in [3.63, 3.8) is 0 Å². The summed E-state index contributed by atoms with van der Waals surface area (Å²) in [4.78, 5) is 28.9. The first-order chi connectivity index (χ1) is 12.6. The Kier molecular flexibility index (Phi) is 4.26. The summed E-state index contributed by atoms with van der Waals surface area (Å²) >= 11 is 3.42. The maximum atomic E-state index is 13.0. The summed E-state index contributed by atoms with van der Waals surface area (Å²) in [5.74, 6) is -0.969. The van der Waals surface area contributed by atoms with Gasteiger partial charge >= 0.3 is 0 Å². The summed E-state index contributed by atoms with van der Waals surface area (Å²) in [6, 6.07) is 12.8. The smallest absolute Gasteiger partial charge is 0.232 e. The van der Waals surface area contributed by atoms with Crippen LogP contribution in [0.3, 0.4) is 0 Å². The molecule has 0 saturated carbocycles. The zero-order valence-corrected chi connectivity index (χ0v) is 15.1. The van der Waals surface area contributed by atoms with Gasteiger partial charge in [-0.1, -0.05) is 34.1 Å². The van der Waals surface area contributed by atoms with Gasteiger partial charge in [0, 0.05) is 16.6 Å². The molecule has 4 rings (SSSR count). The molecule has 3 aromatic rings. The lowest BCUT2D eigenvalue weighted by molar-refractivity contribution is -0.123. The molecule has 26 heavy (non-hydrogen) atoms. The second kappa shape index (κ2) is 6.72. The van der Waals surface area contributed by atoms with E-state index in [1.165, 1.54) is 6.33 Å². The summed E-state index contributed by atoms with van der Waals surface area (Å²) in [5.41, 5.74) is 2.75. The van der Waals surface area contributed by atoms with Crippen LogP contribution < -0.4 is 10.6 Å². The molecule has 7 nitrogen and oxygen atoms in total. The summed E-state index contributed by atoms with van der Waals surface area (Å²) < 4.78 is 2.39. The number of nitrogens with zero attached hydrogens (tertiary/aromatic N) is 3. The number of aromatic nitrogens is 3. The molecule has 0 aliphatic carbocycles. The molecule has 1 aromatic heterocycles. The molecule has 2 amide bonds. The van der Waals surface area contributed by atoms with Crippen molar-refractivity contribution in [1.82, 2.24) is 14.8 Å². The highest BCUT2D eigenvalue weighted by Crippen LogP contribution is 2.33. The topological polar surface area (TPSA) is 88.9 Å². The highest BCUT2D eigenvalue weighted by atomic mass is 79.9. The van der Waals surface area contributed by atoms with E-state index < -0.39 is 5.92 Å². The van der Waals surface area contributed by atoms with Crippen LogP contribution in [0.15, 0.2) is 59.6 Å². The number of carbonyl (C=O) groups is 2. The van der Waals surface area contributed by atoms with E-state index in [0.29, 0.717) is 17.1 Å². The molecule has 130 valence electrons. The zero-order chi connectivity index (χ0) is 18.1. The molecule has 2 aromatic carbocycles. The molecule has 0 saturated heterocycles. The molecule has 0 bridgehead atoms. The normalized spacial score (nSPS) is 15.9. The van der Waals surface area contributed by atoms with Gasteiger partial charge in [0.15, 0.2) is 0 Å². The Balaban J connectivity index is 1.68. The molecule has 0 spiro atoms. The Morgan fingerprint density at radius 1 is 1.27 bits per heavy atom. The molecule has 2 N–H and O–H groups in total. The maximum absolute atomic E-state index is 13.0. The van der Waals surface area contributed by atoms with Gasteiger partial charge in [-0.2, -0.15) is 5.10 Å². The Morgan fingerprint density at radius 3 is 2.92 bits per heavy atom. The van der Waals surface area contributed by atoms with Crippen molar-refractivity contribution in [2.45, 2.75) is 12.3 Å². The van der Waals surface area contributed by atoms with Crippen LogP contribution in [0.4, 0.5) is 11.4 Å². The van der Waals surface area contributed by atoms with Gasteiger partial charge in [-0.25, -0.2) is 9.67 Å². The van der Waals surface area contributed by atoms with Gasteiger partial charge in [-0.15, -0.1) is 0 Å². The minimum Gasteiger partial charge on any atom is -0.326 e. The Bertz CT molecular complexity index is 987. The molecule has 1 atom stereocenters. The van der Waals surface area contributed by atoms with E-state index in [4.69, 9.17) is 0 Å². The van der Waals surface area contributed by atoms with E-state index in [2.05, 4.69) is 36.6 Å². The number of anilines is 2. The second-order valence-electron chi connectivity index (χ2n) is 5.88. The predicted molar refractivity (Wildman–Crippen MR) is 100 cm³/mol. The van der Waals surface area contributed by atoms with Crippen molar-refractivity contribution in [1.29, 1.82) is 0 Å². The van der Waals surface area contributed by atoms with Gasteiger partial charge in [-0.3, -0.25) is 9.59 Å². The van der Waals surface area contributed by atoms with Crippen LogP contribution in [0.5, 0.6) is 0 Å². The average Bonchev–Trinajstić information content (AvgIpc) is 3.15. The van der Waals surface area contributed by atoms with E-state index >= 15 is 0 Å². The van der Waals surface area contributed by atoms with E-state index in [0.717, 1.165) is 10.0 Å². The third-order valence-electron chi connectivity index (χ3n) is 4.20. The molecular formula is C18H14BrN5O2. The Morgan fingerprint density at radius 2 is 2.12 bits per heavy atom.